The highest BCUT2D eigenvalue weighted by Crippen LogP contribution is 2.21. The van der Waals surface area contributed by atoms with Gasteiger partial charge in [0.15, 0.2) is 0 Å². The van der Waals surface area contributed by atoms with Crippen LogP contribution in [0, 0.1) is 0 Å². The molecule has 1 atom stereocenters. The first-order valence-electron chi connectivity index (χ1n) is 11.2. The lowest BCUT2D eigenvalue weighted by Gasteiger charge is -2.15. The summed E-state index contributed by atoms with van der Waals surface area (Å²) in [5.74, 6) is 0.503. The van der Waals surface area contributed by atoms with Crippen molar-refractivity contribution in [3.63, 3.8) is 0 Å². The lowest BCUT2D eigenvalue weighted by atomic mass is 9.97. The summed E-state index contributed by atoms with van der Waals surface area (Å²) in [5.41, 5.74) is 16.7. The van der Waals surface area contributed by atoms with Gasteiger partial charge in [-0.15, -0.1) is 0 Å². The van der Waals surface area contributed by atoms with Crippen molar-refractivity contribution >= 4 is 12.3 Å². The third-order valence-corrected chi connectivity index (χ3v) is 4.91. The molecule has 3 rings (SSSR count). The number of carbonyl (C=O) groups is 2. The van der Waals surface area contributed by atoms with E-state index in [-0.39, 0.29) is 0 Å². The number of carboxylic acid groups (broad SMARTS) is 1. The van der Waals surface area contributed by atoms with E-state index in [0.717, 1.165) is 24.9 Å². The van der Waals surface area contributed by atoms with Crippen LogP contribution < -0.4 is 21.9 Å². The molecular weight excluding hydrogens is 406 g/mol. The van der Waals surface area contributed by atoms with E-state index in [0.29, 0.717) is 30.3 Å². The van der Waals surface area contributed by atoms with Crippen molar-refractivity contribution in [3.05, 3.63) is 60.2 Å². The van der Waals surface area contributed by atoms with E-state index in [2.05, 4.69) is 0 Å². The zero-order valence-corrected chi connectivity index (χ0v) is 18.7. The summed E-state index contributed by atoms with van der Waals surface area (Å²) in [6.07, 6.45) is 9.63. The van der Waals surface area contributed by atoms with Gasteiger partial charge in [0.25, 0.3) is 0 Å². The number of ether oxygens (including phenoxy) is 1. The van der Waals surface area contributed by atoms with Gasteiger partial charge >= 0.3 is 5.97 Å². The predicted octanol–water partition coefficient (Wildman–Crippen LogP) is 4.10. The number of para-hydroxylation sites is 1. The van der Waals surface area contributed by atoms with Crippen molar-refractivity contribution < 1.29 is 19.4 Å². The number of hydrogen-bond acceptors (Lipinski definition) is 6. The van der Waals surface area contributed by atoms with Gasteiger partial charge in [0.1, 0.15) is 23.8 Å². The Kier molecular flexibility index (Phi) is 14.4. The van der Waals surface area contributed by atoms with Crippen molar-refractivity contribution in [1.29, 1.82) is 0 Å². The number of rotatable bonds is 8. The van der Waals surface area contributed by atoms with Gasteiger partial charge < -0.3 is 27.0 Å². The summed E-state index contributed by atoms with van der Waals surface area (Å²) in [6.45, 7) is 0.604. The van der Waals surface area contributed by atoms with Gasteiger partial charge in [-0.2, -0.15) is 0 Å². The van der Waals surface area contributed by atoms with Crippen LogP contribution in [0.2, 0.25) is 0 Å². The largest absolute Gasteiger partial charge is 0.480 e. The Bertz CT molecular complexity index is 765. The molecule has 0 aliphatic heterocycles. The van der Waals surface area contributed by atoms with E-state index < -0.39 is 12.0 Å². The molecule has 176 valence electrons. The molecular formula is C25H37N3O4. The third-order valence-electron chi connectivity index (χ3n) is 4.91. The summed E-state index contributed by atoms with van der Waals surface area (Å²) in [5, 5.41) is 8.33. The van der Waals surface area contributed by atoms with Crippen LogP contribution in [-0.4, -0.2) is 36.0 Å². The monoisotopic (exact) mass is 443 g/mol. The molecule has 1 saturated carbocycles. The Balaban J connectivity index is 0.000000261. The number of aliphatic carboxylic acids is 1. The molecule has 7 nitrogen and oxygen atoms in total. The van der Waals surface area contributed by atoms with E-state index in [9.17, 15) is 9.59 Å². The molecule has 0 bridgehead atoms. The quantitative estimate of drug-likeness (QED) is 0.355. The summed E-state index contributed by atoms with van der Waals surface area (Å²) in [4.78, 5) is 20.7. The summed E-state index contributed by atoms with van der Waals surface area (Å²) in [6, 6.07) is 16.3. The molecule has 0 aromatic heterocycles. The average molecular weight is 444 g/mol. The number of nitrogens with two attached hydrogens (primary N) is 3. The fraction of sp³-hybridized carbons (Fsp3) is 0.440. The van der Waals surface area contributed by atoms with Crippen molar-refractivity contribution in [3.8, 4) is 11.5 Å². The lowest BCUT2D eigenvalue weighted by Crippen LogP contribution is -2.29. The minimum absolute atomic E-state index is 0.520. The molecule has 1 fully saturated rings. The fourth-order valence-corrected chi connectivity index (χ4v) is 3.04. The van der Waals surface area contributed by atoms with Crippen molar-refractivity contribution in [2.45, 2.75) is 63.5 Å². The van der Waals surface area contributed by atoms with Crippen LogP contribution in [0.5, 0.6) is 11.5 Å². The minimum atomic E-state index is -0.933. The fourth-order valence-electron chi connectivity index (χ4n) is 3.04. The van der Waals surface area contributed by atoms with Gasteiger partial charge in [-0.1, -0.05) is 56.0 Å². The van der Waals surface area contributed by atoms with Crippen LogP contribution in [0.1, 0.15) is 61.7 Å². The van der Waals surface area contributed by atoms with Crippen LogP contribution in [-0.2, 0) is 4.79 Å². The minimum Gasteiger partial charge on any atom is -0.480 e. The molecule has 32 heavy (non-hydrogen) atoms. The van der Waals surface area contributed by atoms with Crippen LogP contribution in [0.25, 0.3) is 0 Å². The highest BCUT2D eigenvalue weighted by atomic mass is 16.5. The Labute approximate surface area is 190 Å². The topological polar surface area (TPSA) is 142 Å². The Morgan fingerprint density at radius 2 is 1.69 bits per heavy atom. The summed E-state index contributed by atoms with van der Waals surface area (Å²) < 4.78 is 5.56. The lowest BCUT2D eigenvalue weighted by molar-refractivity contribution is -0.138. The highest BCUT2D eigenvalue weighted by Gasteiger charge is 2.09. The van der Waals surface area contributed by atoms with Crippen LogP contribution in [0.15, 0.2) is 54.6 Å². The standard InChI is InChI=1S/C13H10O2.C6H14N2O2.C6H13N/c14-10-11-5-4-8-13(9-11)15-12-6-2-1-3-7-12;7-4-2-1-3-5(8)6(9)10;7-6-4-2-1-3-5-6/h1-10H;5H,1-4,7-8H2,(H,9,10);6H,1-5,7H2. The van der Waals surface area contributed by atoms with Crippen LogP contribution in [0.4, 0.5) is 0 Å². The molecule has 0 amide bonds. The Morgan fingerprint density at radius 3 is 2.22 bits per heavy atom. The van der Waals surface area contributed by atoms with Crippen molar-refractivity contribution in [1.82, 2.24) is 0 Å². The smallest absolute Gasteiger partial charge is 0.320 e. The molecule has 1 aliphatic carbocycles. The van der Waals surface area contributed by atoms with Gasteiger partial charge in [-0.25, -0.2) is 0 Å². The molecule has 1 aliphatic rings. The third kappa shape index (κ3) is 12.8. The molecule has 1 unspecified atom stereocenters. The SMILES string of the molecule is NC1CCCCC1.NCCCCC(N)C(=O)O.O=Cc1cccc(Oc2ccccc2)c1. The first kappa shape index (κ1) is 27.3. The highest BCUT2D eigenvalue weighted by molar-refractivity contribution is 5.75. The molecule has 7 N–H and O–H groups in total. The second kappa shape index (κ2) is 16.9. The second-order valence-corrected chi connectivity index (χ2v) is 7.73. The molecule has 0 spiro atoms. The number of carbonyl (C=O) groups excluding carboxylic acids is 1. The van der Waals surface area contributed by atoms with Crippen molar-refractivity contribution in [2.24, 2.45) is 17.2 Å². The van der Waals surface area contributed by atoms with Gasteiger partial charge in [0.2, 0.25) is 0 Å². The molecule has 2 aromatic rings. The maximum absolute atomic E-state index is 10.6. The predicted molar refractivity (Wildman–Crippen MR) is 128 cm³/mol. The number of unbranched alkanes of at least 4 members (excludes halogenated alkanes) is 1. The van der Waals surface area contributed by atoms with Gasteiger partial charge in [-0.3, -0.25) is 9.59 Å². The normalized spacial score (nSPS) is 14.1. The molecule has 7 heteroatoms. The van der Waals surface area contributed by atoms with E-state index in [1.54, 1.807) is 18.2 Å². The molecule has 0 saturated heterocycles. The summed E-state index contributed by atoms with van der Waals surface area (Å²) >= 11 is 0. The first-order valence-corrected chi connectivity index (χ1v) is 11.2. The number of benzene rings is 2. The molecule has 0 heterocycles. The van der Waals surface area contributed by atoms with Crippen LogP contribution in [0.3, 0.4) is 0 Å². The van der Waals surface area contributed by atoms with E-state index in [4.69, 9.17) is 27.0 Å². The second-order valence-electron chi connectivity index (χ2n) is 7.73. The first-order chi connectivity index (χ1) is 15.5. The zero-order chi connectivity index (χ0) is 23.6. The average Bonchev–Trinajstić information content (AvgIpc) is 2.81. The Hall–Kier alpha value is -2.74. The van der Waals surface area contributed by atoms with Gasteiger partial charge in [-0.05, 0) is 56.5 Å². The Morgan fingerprint density at radius 1 is 1.03 bits per heavy atom. The number of carboxylic acids is 1. The van der Waals surface area contributed by atoms with Crippen molar-refractivity contribution in [2.75, 3.05) is 6.54 Å². The maximum Gasteiger partial charge on any atom is 0.320 e. The summed E-state index contributed by atoms with van der Waals surface area (Å²) in [7, 11) is 0. The zero-order valence-electron chi connectivity index (χ0n) is 18.7. The number of aldehydes is 1. The molecule has 2 aromatic carbocycles. The number of hydrogen-bond donors (Lipinski definition) is 4. The van der Waals surface area contributed by atoms with Gasteiger partial charge in [0.05, 0.1) is 0 Å². The van der Waals surface area contributed by atoms with Gasteiger partial charge in [0, 0.05) is 11.6 Å². The van der Waals surface area contributed by atoms with E-state index in [1.807, 2.05) is 36.4 Å². The maximum atomic E-state index is 10.6. The van der Waals surface area contributed by atoms with E-state index in [1.165, 1.54) is 32.1 Å². The van der Waals surface area contributed by atoms with Crippen LogP contribution >= 0.6 is 0 Å². The van der Waals surface area contributed by atoms with E-state index >= 15 is 0 Å². The molecule has 0 radical (unpaired) electrons.